The lowest BCUT2D eigenvalue weighted by atomic mass is 9.77. The van der Waals surface area contributed by atoms with Gasteiger partial charge in [-0.25, -0.2) is 0 Å². The van der Waals surface area contributed by atoms with Crippen LogP contribution in [0.25, 0.3) is 0 Å². The van der Waals surface area contributed by atoms with Gasteiger partial charge in [0.1, 0.15) is 0 Å². The van der Waals surface area contributed by atoms with Gasteiger partial charge in [0.2, 0.25) is 0 Å². The average molecular weight is 278 g/mol. The van der Waals surface area contributed by atoms with Crippen LogP contribution in [0.1, 0.15) is 43.0 Å². The minimum absolute atomic E-state index is 0.0800. The van der Waals surface area contributed by atoms with Crippen molar-refractivity contribution < 1.29 is 15.0 Å². The molecular weight excluding hydrogens is 256 g/mol. The van der Waals surface area contributed by atoms with E-state index in [0.29, 0.717) is 12.5 Å². The van der Waals surface area contributed by atoms with Gasteiger partial charge in [0, 0.05) is 6.54 Å². The maximum Gasteiger partial charge on any atom is 0.255 e. The third-order valence-electron chi connectivity index (χ3n) is 4.26. The molecule has 1 aliphatic carbocycles. The highest BCUT2D eigenvalue weighted by molar-refractivity contribution is 5.98. The fourth-order valence-electron chi connectivity index (χ4n) is 2.72. The van der Waals surface area contributed by atoms with Gasteiger partial charge in [-0.15, -0.1) is 0 Å². The summed E-state index contributed by atoms with van der Waals surface area (Å²) in [6, 6.07) is 4.36. The molecule has 1 amide bonds. The number of amides is 1. The number of phenols is 2. The fraction of sp³-hybridized carbons (Fsp3) is 0.533. The van der Waals surface area contributed by atoms with E-state index < -0.39 is 11.4 Å². The smallest absolute Gasteiger partial charge is 0.255 e. The van der Waals surface area contributed by atoms with Crippen LogP contribution in [-0.2, 0) is 0 Å². The highest BCUT2D eigenvalue weighted by Gasteiger charge is 2.35. The Labute approximate surface area is 118 Å². The van der Waals surface area contributed by atoms with Gasteiger partial charge in [-0.05, 0) is 43.7 Å². The maximum absolute atomic E-state index is 12.3. The van der Waals surface area contributed by atoms with Crippen molar-refractivity contribution in [2.24, 2.45) is 11.7 Å². The van der Waals surface area contributed by atoms with Gasteiger partial charge in [-0.1, -0.05) is 13.0 Å². The lowest BCUT2D eigenvalue weighted by molar-refractivity contribution is 0.0856. The number of aromatic hydroxyl groups is 2. The highest BCUT2D eigenvalue weighted by atomic mass is 16.3. The summed E-state index contributed by atoms with van der Waals surface area (Å²) in [5.74, 6) is -0.419. The molecule has 0 radical (unpaired) electrons. The molecule has 5 nitrogen and oxygen atoms in total. The summed E-state index contributed by atoms with van der Waals surface area (Å²) in [7, 11) is 0. The summed E-state index contributed by atoms with van der Waals surface area (Å²) in [6.07, 6.45) is 3.75. The van der Waals surface area contributed by atoms with E-state index in [2.05, 4.69) is 12.2 Å². The molecule has 1 fully saturated rings. The monoisotopic (exact) mass is 278 g/mol. The second-order valence-corrected chi connectivity index (χ2v) is 5.79. The first-order valence-electron chi connectivity index (χ1n) is 7.01. The molecule has 0 unspecified atom stereocenters. The SMILES string of the molecule is CC1CCC(CN)(NC(=O)c2cccc(O)c2O)CC1. The number of nitrogens with two attached hydrogens (primary N) is 1. The Hall–Kier alpha value is -1.75. The van der Waals surface area contributed by atoms with Crippen LogP contribution in [0.4, 0.5) is 0 Å². The summed E-state index contributed by atoms with van der Waals surface area (Å²) in [4.78, 5) is 12.3. The molecule has 0 spiro atoms. The molecule has 110 valence electrons. The molecular formula is C15H22N2O3. The van der Waals surface area contributed by atoms with Crippen molar-refractivity contribution >= 4 is 5.91 Å². The first-order chi connectivity index (χ1) is 9.47. The summed E-state index contributed by atoms with van der Waals surface area (Å²) in [6.45, 7) is 2.58. The van der Waals surface area contributed by atoms with E-state index in [1.54, 1.807) is 0 Å². The molecule has 1 aliphatic rings. The van der Waals surface area contributed by atoms with Gasteiger partial charge < -0.3 is 21.3 Å². The largest absolute Gasteiger partial charge is 0.504 e. The van der Waals surface area contributed by atoms with Crippen molar-refractivity contribution in [3.05, 3.63) is 23.8 Å². The van der Waals surface area contributed by atoms with Crippen molar-refractivity contribution in [1.82, 2.24) is 5.32 Å². The molecule has 0 atom stereocenters. The van der Waals surface area contributed by atoms with Crippen LogP contribution in [0, 0.1) is 5.92 Å². The molecule has 0 bridgehead atoms. The molecule has 5 N–H and O–H groups in total. The van der Waals surface area contributed by atoms with Crippen LogP contribution in [0.5, 0.6) is 11.5 Å². The lowest BCUT2D eigenvalue weighted by Gasteiger charge is -2.39. The number of benzene rings is 1. The van der Waals surface area contributed by atoms with Crippen molar-refractivity contribution in [3.8, 4) is 11.5 Å². The number of phenolic OH excluding ortho intramolecular Hbond substituents is 2. The molecule has 1 aromatic rings. The second kappa shape index (κ2) is 5.71. The molecule has 0 aromatic heterocycles. The van der Waals surface area contributed by atoms with Gasteiger partial charge >= 0.3 is 0 Å². The Kier molecular flexibility index (Phi) is 4.18. The zero-order chi connectivity index (χ0) is 14.8. The number of para-hydroxylation sites is 1. The summed E-state index contributed by atoms with van der Waals surface area (Å²) in [5, 5.41) is 22.2. The molecule has 0 aliphatic heterocycles. The van der Waals surface area contributed by atoms with Crippen LogP contribution in [0.15, 0.2) is 18.2 Å². The van der Waals surface area contributed by atoms with Crippen molar-refractivity contribution in [1.29, 1.82) is 0 Å². The van der Waals surface area contributed by atoms with Crippen LogP contribution in [0.2, 0.25) is 0 Å². The highest BCUT2D eigenvalue weighted by Crippen LogP contribution is 2.33. The number of hydrogen-bond donors (Lipinski definition) is 4. The maximum atomic E-state index is 12.3. The minimum atomic E-state index is -0.401. The predicted molar refractivity (Wildman–Crippen MR) is 76.7 cm³/mol. The number of rotatable bonds is 3. The van der Waals surface area contributed by atoms with E-state index in [4.69, 9.17) is 5.73 Å². The zero-order valence-corrected chi connectivity index (χ0v) is 11.7. The molecule has 0 heterocycles. The summed E-state index contributed by atoms with van der Waals surface area (Å²) >= 11 is 0. The van der Waals surface area contributed by atoms with Crippen molar-refractivity contribution in [2.75, 3.05) is 6.54 Å². The first kappa shape index (κ1) is 14.7. The Morgan fingerprint density at radius 2 is 2.05 bits per heavy atom. The molecule has 2 rings (SSSR count). The molecule has 20 heavy (non-hydrogen) atoms. The number of nitrogens with one attached hydrogen (secondary N) is 1. The van der Waals surface area contributed by atoms with Gasteiger partial charge in [-0.3, -0.25) is 4.79 Å². The Morgan fingerprint density at radius 3 is 2.65 bits per heavy atom. The molecule has 1 aromatic carbocycles. The second-order valence-electron chi connectivity index (χ2n) is 5.79. The van der Waals surface area contributed by atoms with Crippen LogP contribution in [-0.4, -0.2) is 28.2 Å². The Balaban J connectivity index is 2.15. The molecule has 5 heteroatoms. The van der Waals surface area contributed by atoms with Crippen LogP contribution < -0.4 is 11.1 Å². The van der Waals surface area contributed by atoms with Crippen molar-refractivity contribution in [2.45, 2.75) is 38.1 Å². The lowest BCUT2D eigenvalue weighted by Crippen LogP contribution is -2.55. The quantitative estimate of drug-likeness (QED) is 0.633. The van der Waals surface area contributed by atoms with E-state index in [1.807, 2.05) is 0 Å². The normalized spacial score (nSPS) is 26.2. The predicted octanol–water partition coefficient (Wildman–Crippen LogP) is 1.74. The molecule has 0 saturated heterocycles. The zero-order valence-electron chi connectivity index (χ0n) is 11.7. The number of carbonyl (C=O) groups is 1. The third-order valence-corrected chi connectivity index (χ3v) is 4.26. The summed E-state index contributed by atoms with van der Waals surface area (Å²) < 4.78 is 0. The van der Waals surface area contributed by atoms with E-state index in [1.165, 1.54) is 18.2 Å². The topological polar surface area (TPSA) is 95.6 Å². The number of carbonyl (C=O) groups excluding carboxylic acids is 1. The average Bonchev–Trinajstić information content (AvgIpc) is 2.44. The van der Waals surface area contributed by atoms with Gasteiger partial charge in [-0.2, -0.15) is 0 Å². The number of hydrogen-bond acceptors (Lipinski definition) is 4. The minimum Gasteiger partial charge on any atom is -0.504 e. The fourth-order valence-corrected chi connectivity index (χ4v) is 2.72. The van der Waals surface area contributed by atoms with E-state index in [0.717, 1.165) is 25.7 Å². The first-order valence-corrected chi connectivity index (χ1v) is 7.01. The standard InChI is InChI=1S/C15H22N2O3/c1-10-5-7-15(9-16,8-6-10)17-14(20)11-3-2-4-12(18)13(11)19/h2-4,10,18-19H,5-9,16H2,1H3,(H,17,20). The van der Waals surface area contributed by atoms with E-state index in [9.17, 15) is 15.0 Å². The van der Waals surface area contributed by atoms with E-state index in [-0.39, 0.29) is 17.1 Å². The van der Waals surface area contributed by atoms with Crippen molar-refractivity contribution in [3.63, 3.8) is 0 Å². The van der Waals surface area contributed by atoms with Crippen LogP contribution >= 0.6 is 0 Å². The van der Waals surface area contributed by atoms with Gasteiger partial charge in [0.15, 0.2) is 11.5 Å². The Bertz CT molecular complexity index is 494. The van der Waals surface area contributed by atoms with Crippen LogP contribution in [0.3, 0.4) is 0 Å². The van der Waals surface area contributed by atoms with Gasteiger partial charge in [0.05, 0.1) is 11.1 Å². The van der Waals surface area contributed by atoms with Gasteiger partial charge in [0.25, 0.3) is 5.91 Å². The molecule has 1 saturated carbocycles. The summed E-state index contributed by atoms with van der Waals surface area (Å²) in [5.41, 5.74) is 5.53. The third kappa shape index (κ3) is 2.88. The van der Waals surface area contributed by atoms with E-state index >= 15 is 0 Å². The Morgan fingerprint density at radius 1 is 1.40 bits per heavy atom.